The molecule has 0 unspecified atom stereocenters. The Morgan fingerprint density at radius 3 is 1.86 bits per heavy atom. The lowest BCUT2D eigenvalue weighted by Crippen LogP contribution is -2.81. The van der Waals surface area contributed by atoms with Gasteiger partial charge in [0.1, 0.15) is 4.97 Å². The normalized spacial score (nSPS) is 10.7. The summed E-state index contributed by atoms with van der Waals surface area (Å²) < 4.78 is 0. The number of nitrogens with one attached hydrogen (secondary N) is 1. The zero-order valence-corrected chi connectivity index (χ0v) is 3.50. The Kier molecular flexibility index (Phi) is 1.60. The first kappa shape index (κ1) is 6.24. The van der Waals surface area contributed by atoms with E-state index in [-0.39, 0.29) is 0 Å². The van der Waals surface area contributed by atoms with Crippen molar-refractivity contribution in [3.63, 3.8) is 0 Å². The molecule has 0 aromatic carbocycles. The lowest BCUT2D eigenvalue weighted by molar-refractivity contribution is -1.26. The van der Waals surface area contributed by atoms with Crippen LogP contribution in [-0.2, 0) is 4.94 Å². The second kappa shape index (κ2) is 1.80. The summed E-state index contributed by atoms with van der Waals surface area (Å²) in [6, 6.07) is 0. The van der Waals surface area contributed by atoms with Crippen molar-refractivity contribution in [3.8, 4) is 0 Å². The summed E-state index contributed by atoms with van der Waals surface area (Å²) in [5, 5.41) is 0.955. The van der Waals surface area contributed by atoms with Gasteiger partial charge in [-0.05, 0) is 0 Å². The van der Waals surface area contributed by atoms with Gasteiger partial charge in [-0.15, -0.1) is 0 Å². The van der Waals surface area contributed by atoms with Crippen molar-refractivity contribution in [1.82, 2.24) is 0 Å². The summed E-state index contributed by atoms with van der Waals surface area (Å²) >= 11 is 0. The lowest BCUT2D eigenvalue weighted by atomic mass is 12.1. The maximum atomic E-state index is 9.22. The number of nitrogens with two attached hydrogens (primary N) is 3. The van der Waals surface area contributed by atoms with Crippen LogP contribution in [0, 0.1) is 4.91 Å². The second-order valence-corrected chi connectivity index (χ2v) is 0.938. The molecule has 0 saturated heterocycles. The Morgan fingerprint density at radius 1 is 1.43 bits per heavy atom. The van der Waals surface area contributed by atoms with Crippen molar-refractivity contribution < 1.29 is 15.3 Å². The number of quaternary nitrogens is 1. The van der Waals surface area contributed by atoms with E-state index >= 15 is 0 Å². The van der Waals surface area contributed by atoms with Crippen LogP contribution >= 0.6 is 0 Å². The molecule has 42 valence electrons. The predicted octanol–water partition coefficient (Wildman–Crippen LogP) is -3.88. The standard InChI is InChI=1S/H7N5O2/c1-5(2,3)7-4-6/h4H,1-3H2/q+2. The van der Waals surface area contributed by atoms with Crippen LogP contribution in [0.3, 0.4) is 0 Å². The predicted molar refractivity (Wildman–Crippen MR) is 18.2 cm³/mol. The highest BCUT2D eigenvalue weighted by Crippen LogP contribution is 1.57. The first-order valence-corrected chi connectivity index (χ1v) is 1.37. The molecule has 7 heteroatoms. The summed E-state index contributed by atoms with van der Waals surface area (Å²) in [5.74, 6) is 14.0. The molecule has 0 aliphatic heterocycles. The lowest BCUT2D eigenvalue weighted by Gasteiger charge is -2.03. The molecule has 0 aliphatic rings. The molecule has 7 heavy (non-hydrogen) atoms. The van der Waals surface area contributed by atoms with Crippen molar-refractivity contribution in [2.24, 2.45) is 17.5 Å². The third kappa shape index (κ3) is 5.24. The molecule has 0 atom stereocenters. The maximum Gasteiger partial charge on any atom is 0.265 e. The van der Waals surface area contributed by atoms with Gasteiger partial charge in [-0.25, -0.2) is 0 Å². The Morgan fingerprint density at radius 2 is 1.86 bits per heavy atom. The van der Waals surface area contributed by atoms with Gasteiger partial charge in [0.2, 0.25) is 0 Å². The summed E-state index contributed by atoms with van der Waals surface area (Å²) in [6.45, 7) is 0. The minimum atomic E-state index is -1.33. The van der Waals surface area contributed by atoms with Gasteiger partial charge in [0.05, 0.1) is 4.91 Å². The van der Waals surface area contributed by atoms with E-state index in [2.05, 4.69) is 22.5 Å². The molecule has 0 radical (unpaired) electrons. The highest BCUT2D eigenvalue weighted by atomic mass is 16.9. The van der Waals surface area contributed by atoms with E-state index in [1.807, 2.05) is 0 Å². The quantitative estimate of drug-likeness (QED) is 0.164. The molecular weight excluding hydrogens is 102 g/mol. The van der Waals surface area contributed by atoms with Crippen molar-refractivity contribution in [2.75, 3.05) is 0 Å². The molecule has 0 rings (SSSR count). The Balaban J connectivity index is 3.34. The molecule has 0 amide bonds. The van der Waals surface area contributed by atoms with Gasteiger partial charge in [0.15, 0.2) is 0 Å². The minimum absolute atomic E-state index is 0.955. The Hall–Kier alpha value is -0.760. The zero-order chi connectivity index (χ0) is 5.91. The average molecular weight is 109 g/mol. The number of nitrogens with zero attached hydrogens (tertiary/aromatic N) is 1. The molecular formula is H7N5O2+2. The third-order valence-corrected chi connectivity index (χ3v) is 0.195. The Labute approximate surface area is 39.0 Å². The van der Waals surface area contributed by atoms with E-state index in [1.165, 1.54) is 0 Å². The fraction of sp³-hybridized carbons (Fsp3) is 0. The van der Waals surface area contributed by atoms with E-state index in [9.17, 15) is 4.91 Å². The summed E-state index contributed by atoms with van der Waals surface area (Å²) in [5.41, 5.74) is 0. The SMILES string of the molecule is N[N+](N)(N)O[NH+]=O. The average Bonchev–Trinajstić information content (AvgIpc) is 1.30. The largest absolute Gasteiger partial charge is 0.265 e. The van der Waals surface area contributed by atoms with Crippen LogP contribution in [-0.4, -0.2) is 4.97 Å². The van der Waals surface area contributed by atoms with Crippen LogP contribution < -0.4 is 22.9 Å². The van der Waals surface area contributed by atoms with Gasteiger partial charge in [-0.3, -0.25) is 0 Å². The van der Waals surface area contributed by atoms with Crippen LogP contribution in [0.1, 0.15) is 0 Å². The highest BCUT2D eigenvalue weighted by Gasteiger charge is 2.15. The van der Waals surface area contributed by atoms with Gasteiger partial charge in [-0.2, -0.15) is 0 Å². The topological polar surface area (TPSA) is 118 Å². The van der Waals surface area contributed by atoms with E-state index in [4.69, 9.17) is 0 Å². The van der Waals surface area contributed by atoms with Gasteiger partial charge >= 0.3 is 0 Å². The first-order chi connectivity index (χ1) is 3.06. The van der Waals surface area contributed by atoms with E-state index in [0.29, 0.717) is 0 Å². The number of hydrogen-bond donors (Lipinski definition) is 4. The minimum Gasteiger partial charge on any atom is -0.0922 e. The monoisotopic (exact) mass is 109 g/mol. The molecule has 0 heterocycles. The third-order valence-electron chi connectivity index (χ3n) is 0.195. The number of rotatable bonds is 2. The molecule has 0 bridgehead atoms. The van der Waals surface area contributed by atoms with Crippen molar-refractivity contribution >= 4 is 0 Å². The van der Waals surface area contributed by atoms with Crippen LogP contribution in [0.5, 0.6) is 0 Å². The van der Waals surface area contributed by atoms with Crippen molar-refractivity contribution in [1.29, 1.82) is 0 Å². The van der Waals surface area contributed by atoms with Crippen LogP contribution in [0.15, 0.2) is 0 Å². The van der Waals surface area contributed by atoms with Gasteiger partial charge < -0.3 is 0 Å². The van der Waals surface area contributed by atoms with Gasteiger partial charge in [0, 0.05) is 4.94 Å². The summed E-state index contributed by atoms with van der Waals surface area (Å²) in [7, 11) is 0. The molecule has 7 nitrogen and oxygen atoms in total. The smallest absolute Gasteiger partial charge is 0.0922 e. The molecule has 0 fully saturated rings. The van der Waals surface area contributed by atoms with Gasteiger partial charge in [-0.1, -0.05) is 17.5 Å². The second-order valence-electron chi connectivity index (χ2n) is 0.938. The van der Waals surface area contributed by atoms with Gasteiger partial charge in [0.25, 0.3) is 5.34 Å². The van der Waals surface area contributed by atoms with Crippen LogP contribution in [0.2, 0.25) is 0 Å². The summed E-state index contributed by atoms with van der Waals surface area (Å²) in [6.07, 6.45) is 0. The first-order valence-electron chi connectivity index (χ1n) is 1.37. The van der Waals surface area contributed by atoms with E-state index in [1.54, 1.807) is 0 Å². The fourth-order valence-corrected chi connectivity index (χ4v) is 0.0645. The van der Waals surface area contributed by atoms with Crippen molar-refractivity contribution in [2.45, 2.75) is 0 Å². The maximum absolute atomic E-state index is 9.22. The molecule has 0 aromatic heterocycles. The molecule has 0 saturated carbocycles. The fourth-order valence-electron chi connectivity index (χ4n) is 0.0645. The number of hydrogen-bond acceptors (Lipinski definition) is 5. The molecule has 0 aliphatic carbocycles. The summed E-state index contributed by atoms with van der Waals surface area (Å²) in [4.78, 5) is 11.6. The molecule has 0 aromatic rings. The Bertz CT molecular complexity index is 61.0. The van der Waals surface area contributed by atoms with E-state index in [0.717, 1.165) is 5.34 Å². The van der Waals surface area contributed by atoms with E-state index < -0.39 is 4.97 Å². The molecule has 7 N–H and O–H groups in total. The van der Waals surface area contributed by atoms with Crippen LogP contribution in [0.25, 0.3) is 0 Å². The highest BCUT2D eigenvalue weighted by molar-refractivity contribution is 3.55. The zero-order valence-electron chi connectivity index (χ0n) is 3.50. The molecule has 0 spiro atoms. The van der Waals surface area contributed by atoms with Crippen LogP contribution in [0.4, 0.5) is 0 Å². The van der Waals surface area contributed by atoms with Crippen molar-refractivity contribution in [3.05, 3.63) is 4.91 Å².